The molecule has 4 rings (SSSR count). The van der Waals surface area contributed by atoms with Crippen LogP contribution in [0, 0.1) is 11.3 Å². The highest BCUT2D eigenvalue weighted by Gasteiger charge is 2.66. The Bertz CT molecular complexity index is 857. The van der Waals surface area contributed by atoms with E-state index in [0.29, 0.717) is 16.9 Å². The summed E-state index contributed by atoms with van der Waals surface area (Å²) in [5, 5.41) is 0. The molecular formula is C20H20O3. The number of carbonyl (C=O) groups is 2. The molecule has 1 aromatic carbocycles. The van der Waals surface area contributed by atoms with Crippen molar-refractivity contribution in [1.82, 2.24) is 0 Å². The van der Waals surface area contributed by atoms with E-state index < -0.39 is 22.6 Å². The number of benzene rings is 1. The first kappa shape index (κ1) is 14.4. The van der Waals surface area contributed by atoms with Crippen molar-refractivity contribution >= 4 is 17.3 Å². The highest BCUT2D eigenvalue weighted by molar-refractivity contribution is 6.52. The monoisotopic (exact) mass is 308 g/mol. The van der Waals surface area contributed by atoms with Crippen molar-refractivity contribution in [3.05, 3.63) is 52.1 Å². The average molecular weight is 308 g/mol. The van der Waals surface area contributed by atoms with Gasteiger partial charge in [-0.25, -0.2) is 0 Å². The first-order chi connectivity index (χ1) is 10.7. The molecule has 3 nitrogen and oxygen atoms in total. The molecule has 0 spiro atoms. The van der Waals surface area contributed by atoms with Crippen LogP contribution in [0.3, 0.4) is 0 Å². The number of rotatable bonds is 0. The number of Topliss-reactive ketones (excluding diaryl/α,β-unsaturated/α-hetero) is 2. The lowest BCUT2D eigenvalue weighted by Gasteiger charge is -2.39. The molecule has 0 fully saturated rings. The molecule has 118 valence electrons. The van der Waals surface area contributed by atoms with Gasteiger partial charge in [-0.1, -0.05) is 43.7 Å². The van der Waals surface area contributed by atoms with E-state index in [0.717, 1.165) is 5.56 Å². The zero-order chi connectivity index (χ0) is 16.7. The summed E-state index contributed by atoms with van der Waals surface area (Å²) in [6.07, 6.45) is 0. The van der Waals surface area contributed by atoms with E-state index in [-0.39, 0.29) is 5.92 Å². The number of allylic oxidation sites excluding steroid dienone is 1. The summed E-state index contributed by atoms with van der Waals surface area (Å²) in [6.45, 7) is 10.4. The number of fused-ring (bicyclic) bond motifs is 4. The van der Waals surface area contributed by atoms with Gasteiger partial charge in [0.2, 0.25) is 11.6 Å². The second-order valence-corrected chi connectivity index (χ2v) is 7.28. The van der Waals surface area contributed by atoms with E-state index in [2.05, 4.69) is 27.7 Å². The van der Waals surface area contributed by atoms with Crippen LogP contribution in [0.15, 0.2) is 41.0 Å². The van der Waals surface area contributed by atoms with Gasteiger partial charge in [-0.2, -0.15) is 0 Å². The molecule has 1 heterocycles. The predicted molar refractivity (Wildman–Crippen MR) is 87.8 cm³/mol. The summed E-state index contributed by atoms with van der Waals surface area (Å²) in [4.78, 5) is 25.5. The number of hydrogen-bond donors (Lipinski definition) is 0. The third-order valence-corrected chi connectivity index (χ3v) is 6.72. The first-order valence-electron chi connectivity index (χ1n) is 8.05. The van der Waals surface area contributed by atoms with Crippen LogP contribution >= 0.6 is 0 Å². The van der Waals surface area contributed by atoms with Crippen LogP contribution in [0.25, 0.3) is 5.76 Å². The zero-order valence-electron chi connectivity index (χ0n) is 14.1. The standard InChI is InChI=1S/C20H20O3/c1-10-11(2)19(4)15-17(22)16(21)13-8-6-7-9-14(13)18(15)23-20(19,5)12(10)3/h6-9,11H,1-5H3/t11-,19-,20-/m0/s1. The van der Waals surface area contributed by atoms with Gasteiger partial charge in [-0.3, -0.25) is 9.59 Å². The molecule has 2 aliphatic carbocycles. The molecule has 0 amide bonds. The number of carbonyl (C=O) groups excluding carboxylic acids is 2. The maximum Gasteiger partial charge on any atom is 0.234 e. The molecule has 0 radical (unpaired) electrons. The fraction of sp³-hybridized carbons (Fsp3) is 0.400. The SMILES string of the molecule is CC1=C(C)[C@]2(C)OC3=C(C(=O)C(=O)c4ccccc43)[C@]2(C)[C@H]1C. The molecule has 1 aromatic rings. The number of ketones is 2. The van der Waals surface area contributed by atoms with Crippen molar-refractivity contribution in [2.45, 2.75) is 40.2 Å². The molecule has 3 atom stereocenters. The molecule has 0 aromatic heterocycles. The fourth-order valence-corrected chi connectivity index (χ4v) is 4.71. The normalized spacial score (nSPS) is 35.3. The molecular weight excluding hydrogens is 288 g/mol. The van der Waals surface area contributed by atoms with Gasteiger partial charge < -0.3 is 4.74 Å². The number of ether oxygens (including phenoxy) is 1. The van der Waals surface area contributed by atoms with Crippen molar-refractivity contribution in [3.8, 4) is 0 Å². The van der Waals surface area contributed by atoms with Gasteiger partial charge in [0, 0.05) is 16.5 Å². The molecule has 23 heavy (non-hydrogen) atoms. The van der Waals surface area contributed by atoms with Gasteiger partial charge in [0.25, 0.3) is 0 Å². The van der Waals surface area contributed by atoms with Crippen molar-refractivity contribution < 1.29 is 14.3 Å². The van der Waals surface area contributed by atoms with Gasteiger partial charge in [0.15, 0.2) is 0 Å². The van der Waals surface area contributed by atoms with Crippen LogP contribution in [-0.2, 0) is 9.53 Å². The Morgan fingerprint density at radius 1 is 1.00 bits per heavy atom. The summed E-state index contributed by atoms with van der Waals surface area (Å²) in [5.41, 5.74) is 3.11. The van der Waals surface area contributed by atoms with E-state index in [4.69, 9.17) is 4.74 Å². The van der Waals surface area contributed by atoms with Crippen LogP contribution in [0.1, 0.15) is 50.5 Å². The van der Waals surface area contributed by atoms with Gasteiger partial charge >= 0.3 is 0 Å². The summed E-state index contributed by atoms with van der Waals surface area (Å²) in [5.74, 6) is -0.0574. The summed E-state index contributed by atoms with van der Waals surface area (Å²) >= 11 is 0. The minimum absolute atomic E-state index is 0.155. The Kier molecular flexibility index (Phi) is 2.52. The lowest BCUT2D eigenvalue weighted by molar-refractivity contribution is -0.113. The van der Waals surface area contributed by atoms with Crippen molar-refractivity contribution in [2.24, 2.45) is 11.3 Å². The minimum atomic E-state index is -0.575. The third kappa shape index (κ3) is 1.33. The Labute approximate surface area is 136 Å². The van der Waals surface area contributed by atoms with Crippen LogP contribution < -0.4 is 0 Å². The Balaban J connectivity index is 2.05. The van der Waals surface area contributed by atoms with Crippen molar-refractivity contribution in [2.75, 3.05) is 0 Å². The maximum atomic E-state index is 12.9. The quantitative estimate of drug-likeness (QED) is 0.538. The van der Waals surface area contributed by atoms with Gasteiger partial charge in [-0.05, 0) is 32.3 Å². The lowest BCUT2D eigenvalue weighted by atomic mass is 9.63. The predicted octanol–water partition coefficient (Wildman–Crippen LogP) is 3.94. The Hall–Kier alpha value is -2.16. The van der Waals surface area contributed by atoms with Gasteiger partial charge in [-0.15, -0.1) is 0 Å². The summed E-state index contributed by atoms with van der Waals surface area (Å²) in [6, 6.07) is 7.25. The highest BCUT2D eigenvalue weighted by Crippen LogP contribution is 2.66. The molecule has 0 saturated heterocycles. The summed E-state index contributed by atoms with van der Waals surface area (Å²) in [7, 11) is 0. The smallest absolute Gasteiger partial charge is 0.234 e. The topological polar surface area (TPSA) is 43.4 Å². The third-order valence-electron chi connectivity index (χ3n) is 6.72. The van der Waals surface area contributed by atoms with E-state index in [1.54, 1.807) is 12.1 Å². The first-order valence-corrected chi connectivity index (χ1v) is 8.05. The van der Waals surface area contributed by atoms with Crippen molar-refractivity contribution in [3.63, 3.8) is 0 Å². The van der Waals surface area contributed by atoms with Gasteiger partial charge in [0.05, 0.1) is 5.57 Å². The molecule has 1 aliphatic heterocycles. The van der Waals surface area contributed by atoms with Crippen LogP contribution in [0.5, 0.6) is 0 Å². The van der Waals surface area contributed by atoms with Gasteiger partial charge in [0.1, 0.15) is 11.4 Å². The maximum absolute atomic E-state index is 12.9. The average Bonchev–Trinajstić information content (AvgIpc) is 2.86. The second-order valence-electron chi connectivity index (χ2n) is 7.28. The molecule has 0 unspecified atom stereocenters. The van der Waals surface area contributed by atoms with Crippen LogP contribution in [-0.4, -0.2) is 17.2 Å². The zero-order valence-corrected chi connectivity index (χ0v) is 14.1. The Morgan fingerprint density at radius 2 is 1.61 bits per heavy atom. The molecule has 0 bridgehead atoms. The summed E-state index contributed by atoms with van der Waals surface area (Å²) < 4.78 is 6.43. The molecule has 0 N–H and O–H groups in total. The number of hydrogen-bond acceptors (Lipinski definition) is 3. The van der Waals surface area contributed by atoms with E-state index in [9.17, 15) is 9.59 Å². The largest absolute Gasteiger partial charge is 0.481 e. The van der Waals surface area contributed by atoms with Crippen LogP contribution in [0.2, 0.25) is 0 Å². The molecule has 3 aliphatic rings. The van der Waals surface area contributed by atoms with Crippen molar-refractivity contribution in [1.29, 1.82) is 0 Å². The van der Waals surface area contributed by atoms with E-state index in [1.165, 1.54) is 11.1 Å². The molecule has 3 heteroatoms. The minimum Gasteiger partial charge on any atom is -0.481 e. The fourth-order valence-electron chi connectivity index (χ4n) is 4.71. The lowest BCUT2D eigenvalue weighted by Crippen LogP contribution is -2.45. The Morgan fingerprint density at radius 3 is 2.26 bits per heavy atom. The second kappa shape index (κ2) is 4.02. The molecule has 0 saturated carbocycles. The van der Waals surface area contributed by atoms with E-state index in [1.807, 2.05) is 19.1 Å². The highest BCUT2D eigenvalue weighted by atomic mass is 16.5. The van der Waals surface area contributed by atoms with Crippen LogP contribution in [0.4, 0.5) is 0 Å². The van der Waals surface area contributed by atoms with E-state index >= 15 is 0 Å².